The molecule has 25 heavy (non-hydrogen) atoms. The minimum absolute atomic E-state index is 0.158. The van der Waals surface area contributed by atoms with Gasteiger partial charge in [-0.05, 0) is 62.3 Å². The van der Waals surface area contributed by atoms with E-state index >= 15 is 0 Å². The molecule has 2 N–H and O–H groups in total. The molecule has 5 nitrogen and oxygen atoms in total. The van der Waals surface area contributed by atoms with E-state index in [4.69, 9.17) is 0 Å². The van der Waals surface area contributed by atoms with Gasteiger partial charge in [-0.25, -0.2) is 4.98 Å². The van der Waals surface area contributed by atoms with Crippen LogP contribution < -0.4 is 5.32 Å². The Balaban J connectivity index is 1.23. The lowest BCUT2D eigenvalue weighted by Crippen LogP contribution is -2.36. The minimum Gasteiger partial charge on any atom is -0.356 e. The predicted octanol–water partition coefficient (Wildman–Crippen LogP) is 2.71. The van der Waals surface area contributed by atoms with E-state index in [9.17, 15) is 4.79 Å². The van der Waals surface area contributed by atoms with E-state index in [1.807, 2.05) is 0 Å². The van der Waals surface area contributed by atoms with E-state index in [0.29, 0.717) is 13.0 Å². The van der Waals surface area contributed by atoms with Crippen LogP contribution in [0.3, 0.4) is 0 Å². The van der Waals surface area contributed by atoms with E-state index in [2.05, 4.69) is 46.2 Å². The van der Waals surface area contributed by atoms with E-state index in [1.165, 1.54) is 36.9 Å². The third-order valence-electron chi connectivity index (χ3n) is 5.98. The van der Waals surface area contributed by atoms with Gasteiger partial charge in [-0.2, -0.15) is 0 Å². The number of amides is 1. The molecule has 1 aliphatic heterocycles. The molecule has 2 fully saturated rings. The average molecular weight is 340 g/mol. The Bertz CT molecular complexity index is 742. The van der Waals surface area contributed by atoms with Crippen molar-refractivity contribution in [1.82, 2.24) is 20.2 Å². The number of likely N-dealkylation sites (tertiary alicyclic amines) is 1. The first-order valence-electron chi connectivity index (χ1n) is 9.55. The van der Waals surface area contributed by atoms with Gasteiger partial charge < -0.3 is 10.3 Å². The minimum atomic E-state index is 0.158. The van der Waals surface area contributed by atoms with Crippen LogP contribution in [0.2, 0.25) is 0 Å². The highest BCUT2D eigenvalue weighted by Gasteiger charge is 2.37. The standard InChI is InChI=1S/C20H28N4O/c1-13-9-17-18(10-14(13)2)23-19(22-17)5-7-21-20(25)6-8-24-12-15-3-4-16(24)11-15/h9-10,15-16H,3-8,11-12H2,1-2H3,(H,21,25)(H,22,23)/t15-,16+/m0/s1. The van der Waals surface area contributed by atoms with Crippen LogP contribution in [0.1, 0.15) is 42.6 Å². The first-order valence-corrected chi connectivity index (χ1v) is 9.55. The van der Waals surface area contributed by atoms with Gasteiger partial charge in [0.2, 0.25) is 5.91 Å². The Morgan fingerprint density at radius 2 is 2.16 bits per heavy atom. The number of imidazole rings is 1. The van der Waals surface area contributed by atoms with Gasteiger partial charge >= 0.3 is 0 Å². The number of carbonyl (C=O) groups excluding carboxylic acids is 1. The average Bonchev–Trinajstić information content (AvgIpc) is 3.28. The number of aryl methyl sites for hydroxylation is 2. The Hall–Kier alpha value is -1.88. The first kappa shape index (κ1) is 16.6. The van der Waals surface area contributed by atoms with Crippen LogP contribution in [0.25, 0.3) is 11.0 Å². The van der Waals surface area contributed by atoms with Gasteiger partial charge in [0, 0.05) is 38.5 Å². The summed E-state index contributed by atoms with van der Waals surface area (Å²) < 4.78 is 0. The molecule has 134 valence electrons. The highest BCUT2D eigenvalue weighted by Crippen LogP contribution is 2.37. The summed E-state index contributed by atoms with van der Waals surface area (Å²) in [5.41, 5.74) is 4.61. The molecule has 0 unspecified atom stereocenters. The lowest BCUT2D eigenvalue weighted by molar-refractivity contribution is -0.121. The number of fused-ring (bicyclic) bond motifs is 3. The van der Waals surface area contributed by atoms with Crippen molar-refractivity contribution < 1.29 is 4.79 Å². The molecular formula is C20H28N4O. The van der Waals surface area contributed by atoms with Crippen molar-refractivity contribution >= 4 is 16.9 Å². The van der Waals surface area contributed by atoms with Gasteiger partial charge in [0.1, 0.15) is 5.82 Å². The molecule has 2 aliphatic rings. The number of carbonyl (C=O) groups is 1. The highest BCUT2D eigenvalue weighted by atomic mass is 16.1. The van der Waals surface area contributed by atoms with Crippen LogP contribution in [0.4, 0.5) is 0 Å². The zero-order valence-corrected chi connectivity index (χ0v) is 15.3. The second-order valence-electron chi connectivity index (χ2n) is 7.81. The fourth-order valence-electron chi connectivity index (χ4n) is 4.40. The van der Waals surface area contributed by atoms with Crippen molar-refractivity contribution in [2.24, 2.45) is 5.92 Å². The SMILES string of the molecule is Cc1cc2nc(CCNC(=O)CCN3C[C@H]4CC[C@@H]3C4)[nH]c2cc1C. The number of hydrogen-bond acceptors (Lipinski definition) is 3. The van der Waals surface area contributed by atoms with Gasteiger partial charge in [0.15, 0.2) is 0 Å². The topological polar surface area (TPSA) is 61.0 Å². The predicted molar refractivity (Wildman–Crippen MR) is 99.6 cm³/mol. The molecule has 1 aromatic heterocycles. The molecule has 1 amide bonds. The van der Waals surface area contributed by atoms with E-state index in [1.54, 1.807) is 0 Å². The van der Waals surface area contributed by atoms with Crippen molar-refractivity contribution in [1.29, 1.82) is 0 Å². The van der Waals surface area contributed by atoms with Crippen LogP contribution >= 0.6 is 0 Å². The van der Waals surface area contributed by atoms with Crippen LogP contribution in [-0.2, 0) is 11.2 Å². The molecule has 2 aromatic rings. The van der Waals surface area contributed by atoms with Crippen molar-refractivity contribution in [2.45, 2.75) is 52.0 Å². The van der Waals surface area contributed by atoms with E-state index in [-0.39, 0.29) is 5.91 Å². The summed E-state index contributed by atoms with van der Waals surface area (Å²) in [7, 11) is 0. The van der Waals surface area contributed by atoms with Gasteiger partial charge in [-0.1, -0.05) is 0 Å². The van der Waals surface area contributed by atoms with Crippen LogP contribution in [0.15, 0.2) is 12.1 Å². The molecule has 1 saturated carbocycles. The van der Waals surface area contributed by atoms with Crippen molar-refractivity contribution in [3.63, 3.8) is 0 Å². The first-order chi connectivity index (χ1) is 12.1. The maximum absolute atomic E-state index is 12.1. The maximum Gasteiger partial charge on any atom is 0.221 e. The summed E-state index contributed by atoms with van der Waals surface area (Å²) in [6, 6.07) is 5.01. The second kappa shape index (κ2) is 6.79. The van der Waals surface area contributed by atoms with E-state index in [0.717, 1.165) is 41.8 Å². The number of H-pyrrole nitrogens is 1. The summed E-state index contributed by atoms with van der Waals surface area (Å²) in [6.45, 7) is 6.98. The third kappa shape index (κ3) is 3.56. The quantitative estimate of drug-likeness (QED) is 0.850. The van der Waals surface area contributed by atoms with Crippen molar-refractivity contribution in [3.8, 4) is 0 Å². The number of aromatic amines is 1. The normalized spacial score (nSPS) is 22.8. The van der Waals surface area contributed by atoms with Crippen molar-refractivity contribution in [2.75, 3.05) is 19.6 Å². The van der Waals surface area contributed by atoms with E-state index < -0.39 is 0 Å². The van der Waals surface area contributed by atoms with Crippen LogP contribution in [0.5, 0.6) is 0 Å². The smallest absolute Gasteiger partial charge is 0.221 e. The number of hydrogen-bond donors (Lipinski definition) is 2. The van der Waals surface area contributed by atoms with Gasteiger partial charge in [-0.3, -0.25) is 9.69 Å². The summed E-state index contributed by atoms with van der Waals surface area (Å²) in [5, 5.41) is 3.04. The zero-order chi connectivity index (χ0) is 17.4. The number of benzene rings is 1. The molecule has 2 bridgehead atoms. The Kier molecular flexibility index (Phi) is 4.50. The number of nitrogens with zero attached hydrogens (tertiary/aromatic N) is 2. The lowest BCUT2D eigenvalue weighted by Gasteiger charge is -2.26. The highest BCUT2D eigenvalue weighted by molar-refractivity contribution is 5.77. The van der Waals surface area contributed by atoms with Gasteiger partial charge in [0.25, 0.3) is 0 Å². The summed E-state index contributed by atoms with van der Waals surface area (Å²) in [4.78, 5) is 22.6. The van der Waals surface area contributed by atoms with Crippen LogP contribution in [-0.4, -0.2) is 46.5 Å². The monoisotopic (exact) mass is 340 g/mol. The Labute approximate surface area is 149 Å². The maximum atomic E-state index is 12.1. The lowest BCUT2D eigenvalue weighted by atomic mass is 10.1. The molecule has 1 aromatic carbocycles. The molecular weight excluding hydrogens is 312 g/mol. The largest absolute Gasteiger partial charge is 0.356 e. The third-order valence-corrected chi connectivity index (χ3v) is 5.98. The molecule has 5 heteroatoms. The number of rotatable bonds is 6. The van der Waals surface area contributed by atoms with Gasteiger partial charge in [-0.15, -0.1) is 0 Å². The fraction of sp³-hybridized carbons (Fsp3) is 0.600. The molecule has 2 heterocycles. The second-order valence-corrected chi connectivity index (χ2v) is 7.81. The number of piperidine rings is 1. The Morgan fingerprint density at radius 1 is 1.32 bits per heavy atom. The molecule has 4 rings (SSSR count). The number of aromatic nitrogens is 2. The number of nitrogens with one attached hydrogen (secondary N) is 2. The summed E-state index contributed by atoms with van der Waals surface area (Å²) in [6.07, 6.45) is 5.43. The van der Waals surface area contributed by atoms with Crippen LogP contribution in [0, 0.1) is 19.8 Å². The molecule has 1 saturated heterocycles. The molecule has 0 radical (unpaired) electrons. The fourth-order valence-corrected chi connectivity index (χ4v) is 4.40. The molecule has 2 atom stereocenters. The van der Waals surface area contributed by atoms with Gasteiger partial charge in [0.05, 0.1) is 11.0 Å². The molecule has 1 aliphatic carbocycles. The zero-order valence-electron chi connectivity index (χ0n) is 15.3. The van der Waals surface area contributed by atoms with Crippen molar-refractivity contribution in [3.05, 3.63) is 29.1 Å². The summed E-state index contributed by atoms with van der Waals surface area (Å²) in [5.74, 6) is 2.00. The Morgan fingerprint density at radius 3 is 2.92 bits per heavy atom. The summed E-state index contributed by atoms with van der Waals surface area (Å²) >= 11 is 0. The molecule has 0 spiro atoms.